The minimum atomic E-state index is -0.632. The Bertz CT molecular complexity index is 449. The summed E-state index contributed by atoms with van der Waals surface area (Å²) in [6, 6.07) is 1.98. The summed E-state index contributed by atoms with van der Waals surface area (Å²) in [6.45, 7) is 10.1. The van der Waals surface area contributed by atoms with Gasteiger partial charge in [-0.1, -0.05) is 0 Å². The van der Waals surface area contributed by atoms with E-state index in [1.54, 1.807) is 0 Å². The molecular formula is C14H25N5O. The van der Waals surface area contributed by atoms with Crippen LogP contribution in [0.5, 0.6) is 0 Å². The van der Waals surface area contributed by atoms with Gasteiger partial charge in [-0.05, 0) is 20.8 Å². The Morgan fingerprint density at radius 2 is 1.90 bits per heavy atom. The van der Waals surface area contributed by atoms with Gasteiger partial charge in [-0.25, -0.2) is 9.97 Å². The highest BCUT2D eigenvalue weighted by atomic mass is 16.3. The van der Waals surface area contributed by atoms with Gasteiger partial charge in [0.25, 0.3) is 0 Å². The van der Waals surface area contributed by atoms with Crippen LogP contribution in [0.4, 0.5) is 11.6 Å². The SMILES string of the molecule is CNc1cc(N2CCN(CC(C)(C)O)CC2)nc(C)n1. The smallest absolute Gasteiger partial charge is 0.134 e. The van der Waals surface area contributed by atoms with Crippen molar-refractivity contribution in [1.29, 1.82) is 0 Å². The number of anilines is 2. The molecule has 0 saturated carbocycles. The number of hydrogen-bond acceptors (Lipinski definition) is 6. The second kappa shape index (κ2) is 5.93. The van der Waals surface area contributed by atoms with E-state index >= 15 is 0 Å². The number of aromatic nitrogens is 2. The number of aryl methyl sites for hydroxylation is 1. The second-order valence-corrected chi connectivity index (χ2v) is 5.98. The van der Waals surface area contributed by atoms with Gasteiger partial charge >= 0.3 is 0 Å². The first-order valence-electron chi connectivity index (χ1n) is 7.10. The third kappa shape index (κ3) is 4.05. The molecule has 0 aliphatic carbocycles. The number of rotatable bonds is 4. The zero-order valence-electron chi connectivity index (χ0n) is 12.8. The molecule has 1 saturated heterocycles. The van der Waals surface area contributed by atoms with E-state index in [0.717, 1.165) is 43.6 Å². The molecule has 6 nitrogen and oxygen atoms in total. The fraction of sp³-hybridized carbons (Fsp3) is 0.714. The zero-order chi connectivity index (χ0) is 14.8. The van der Waals surface area contributed by atoms with E-state index in [1.165, 1.54) is 0 Å². The number of nitrogens with one attached hydrogen (secondary N) is 1. The third-order valence-electron chi connectivity index (χ3n) is 3.39. The van der Waals surface area contributed by atoms with Gasteiger partial charge < -0.3 is 15.3 Å². The van der Waals surface area contributed by atoms with Crippen molar-refractivity contribution < 1.29 is 5.11 Å². The maximum atomic E-state index is 9.87. The summed E-state index contributed by atoms with van der Waals surface area (Å²) >= 11 is 0. The summed E-state index contributed by atoms with van der Waals surface area (Å²) in [6.07, 6.45) is 0. The largest absolute Gasteiger partial charge is 0.389 e. The highest BCUT2D eigenvalue weighted by Crippen LogP contribution is 2.18. The molecule has 0 spiro atoms. The van der Waals surface area contributed by atoms with Crippen molar-refractivity contribution in [1.82, 2.24) is 14.9 Å². The van der Waals surface area contributed by atoms with Crippen LogP contribution in [0.2, 0.25) is 0 Å². The molecular weight excluding hydrogens is 254 g/mol. The monoisotopic (exact) mass is 279 g/mol. The van der Waals surface area contributed by atoms with Crippen LogP contribution in [0.3, 0.4) is 0 Å². The van der Waals surface area contributed by atoms with Crippen LogP contribution in [-0.4, -0.2) is 65.3 Å². The average Bonchev–Trinajstić information content (AvgIpc) is 2.37. The van der Waals surface area contributed by atoms with E-state index < -0.39 is 5.60 Å². The topological polar surface area (TPSA) is 64.5 Å². The fourth-order valence-electron chi connectivity index (χ4n) is 2.52. The van der Waals surface area contributed by atoms with Gasteiger partial charge in [0.1, 0.15) is 17.5 Å². The first kappa shape index (κ1) is 15.0. The maximum Gasteiger partial charge on any atom is 0.134 e. The summed E-state index contributed by atoms with van der Waals surface area (Å²) in [4.78, 5) is 13.4. The van der Waals surface area contributed by atoms with Crippen LogP contribution in [0, 0.1) is 6.92 Å². The van der Waals surface area contributed by atoms with Crippen LogP contribution in [0.25, 0.3) is 0 Å². The van der Waals surface area contributed by atoms with Gasteiger partial charge in [0.05, 0.1) is 5.60 Å². The average molecular weight is 279 g/mol. The molecule has 20 heavy (non-hydrogen) atoms. The van der Waals surface area contributed by atoms with Gasteiger partial charge in [0.2, 0.25) is 0 Å². The molecule has 0 radical (unpaired) electrons. The highest BCUT2D eigenvalue weighted by molar-refractivity contribution is 5.49. The van der Waals surface area contributed by atoms with Crippen LogP contribution in [0.1, 0.15) is 19.7 Å². The molecule has 2 N–H and O–H groups in total. The lowest BCUT2D eigenvalue weighted by Gasteiger charge is -2.37. The molecule has 2 rings (SSSR count). The number of nitrogens with zero attached hydrogens (tertiary/aromatic N) is 4. The van der Waals surface area contributed by atoms with Crippen molar-refractivity contribution in [3.63, 3.8) is 0 Å². The fourth-order valence-corrected chi connectivity index (χ4v) is 2.52. The van der Waals surface area contributed by atoms with Crippen molar-refractivity contribution in [3.8, 4) is 0 Å². The molecule has 1 aliphatic rings. The van der Waals surface area contributed by atoms with Gasteiger partial charge in [-0.15, -0.1) is 0 Å². The minimum Gasteiger partial charge on any atom is -0.389 e. The molecule has 2 heterocycles. The van der Waals surface area contributed by atoms with Crippen LogP contribution in [0.15, 0.2) is 6.07 Å². The molecule has 1 fully saturated rings. The van der Waals surface area contributed by atoms with Crippen LogP contribution < -0.4 is 10.2 Å². The van der Waals surface area contributed by atoms with Gasteiger partial charge in [-0.3, -0.25) is 4.90 Å². The summed E-state index contributed by atoms with van der Waals surface area (Å²) < 4.78 is 0. The summed E-state index contributed by atoms with van der Waals surface area (Å²) in [5.74, 6) is 2.61. The maximum absolute atomic E-state index is 9.87. The number of aliphatic hydroxyl groups is 1. The van der Waals surface area contributed by atoms with E-state index in [4.69, 9.17) is 0 Å². The van der Waals surface area contributed by atoms with Crippen molar-refractivity contribution in [2.75, 3.05) is 50.0 Å². The lowest BCUT2D eigenvalue weighted by atomic mass is 10.1. The third-order valence-corrected chi connectivity index (χ3v) is 3.39. The molecule has 0 unspecified atom stereocenters. The van der Waals surface area contributed by atoms with E-state index in [2.05, 4.69) is 25.1 Å². The van der Waals surface area contributed by atoms with E-state index in [1.807, 2.05) is 33.9 Å². The second-order valence-electron chi connectivity index (χ2n) is 5.98. The zero-order valence-corrected chi connectivity index (χ0v) is 12.8. The Kier molecular flexibility index (Phi) is 4.45. The van der Waals surface area contributed by atoms with E-state index in [9.17, 15) is 5.11 Å². The number of hydrogen-bond donors (Lipinski definition) is 2. The Morgan fingerprint density at radius 1 is 1.25 bits per heavy atom. The Morgan fingerprint density at radius 3 is 2.45 bits per heavy atom. The molecule has 1 aliphatic heterocycles. The summed E-state index contributed by atoms with van der Waals surface area (Å²) in [5, 5.41) is 12.9. The lowest BCUT2D eigenvalue weighted by molar-refractivity contribution is 0.0344. The quantitative estimate of drug-likeness (QED) is 0.847. The summed E-state index contributed by atoms with van der Waals surface area (Å²) in [5.41, 5.74) is -0.632. The van der Waals surface area contributed by atoms with Crippen LogP contribution >= 0.6 is 0 Å². The molecule has 6 heteroatoms. The predicted molar refractivity (Wildman–Crippen MR) is 81.3 cm³/mol. The minimum absolute atomic E-state index is 0.632. The highest BCUT2D eigenvalue weighted by Gasteiger charge is 2.23. The van der Waals surface area contributed by atoms with Crippen molar-refractivity contribution >= 4 is 11.6 Å². The Hall–Kier alpha value is -1.40. The molecule has 0 atom stereocenters. The normalized spacial score (nSPS) is 17.4. The lowest BCUT2D eigenvalue weighted by Crippen LogP contribution is -2.50. The van der Waals surface area contributed by atoms with Gasteiger partial charge in [0, 0.05) is 45.8 Å². The van der Waals surface area contributed by atoms with Gasteiger partial charge in [-0.2, -0.15) is 0 Å². The van der Waals surface area contributed by atoms with Crippen molar-refractivity contribution in [2.45, 2.75) is 26.4 Å². The first-order chi connectivity index (χ1) is 9.37. The van der Waals surface area contributed by atoms with E-state index in [0.29, 0.717) is 6.54 Å². The number of β-amino-alcohol motifs (C(OH)–C–C–N with tert-alkyl or cyclic N) is 1. The van der Waals surface area contributed by atoms with E-state index in [-0.39, 0.29) is 0 Å². The summed E-state index contributed by atoms with van der Waals surface area (Å²) in [7, 11) is 1.87. The molecule has 0 bridgehead atoms. The predicted octanol–water partition coefficient (Wildman–Crippen LogP) is 0.720. The first-order valence-corrected chi connectivity index (χ1v) is 7.10. The standard InChI is InChI=1S/C14H25N5O/c1-11-16-12(15-4)9-13(17-11)19-7-5-18(6-8-19)10-14(2,3)20/h9,20H,5-8,10H2,1-4H3,(H,15,16,17). The molecule has 0 aromatic carbocycles. The number of piperazine rings is 1. The van der Waals surface area contributed by atoms with Crippen LogP contribution in [-0.2, 0) is 0 Å². The Balaban J connectivity index is 1.98. The van der Waals surface area contributed by atoms with Crippen molar-refractivity contribution in [2.24, 2.45) is 0 Å². The molecule has 1 aromatic rings. The molecule has 0 amide bonds. The van der Waals surface area contributed by atoms with Crippen molar-refractivity contribution in [3.05, 3.63) is 11.9 Å². The molecule has 112 valence electrons. The molecule has 1 aromatic heterocycles. The van der Waals surface area contributed by atoms with Gasteiger partial charge in [0.15, 0.2) is 0 Å². The Labute approximate surface area is 120 Å².